The molecule has 0 radical (unpaired) electrons. The highest BCUT2D eigenvalue weighted by molar-refractivity contribution is 7.22. The average molecular weight is 484 g/mol. The van der Waals surface area contributed by atoms with Crippen molar-refractivity contribution in [1.82, 2.24) is 4.98 Å². The van der Waals surface area contributed by atoms with Gasteiger partial charge >= 0.3 is 0 Å². The third-order valence-corrected chi connectivity index (χ3v) is 6.34. The van der Waals surface area contributed by atoms with Crippen LogP contribution in [0.25, 0.3) is 16.3 Å². The van der Waals surface area contributed by atoms with E-state index in [9.17, 15) is 10.1 Å². The van der Waals surface area contributed by atoms with E-state index in [2.05, 4.69) is 16.4 Å². The maximum atomic E-state index is 12.8. The maximum absolute atomic E-state index is 12.8. The molecule has 3 aromatic carbocycles. The van der Waals surface area contributed by atoms with E-state index < -0.39 is 5.91 Å². The zero-order valence-electron chi connectivity index (χ0n) is 19.8. The Bertz CT molecular complexity index is 1400. The van der Waals surface area contributed by atoms with Gasteiger partial charge in [0.2, 0.25) is 0 Å². The summed E-state index contributed by atoms with van der Waals surface area (Å²) in [5.74, 6) is 0.630. The highest BCUT2D eigenvalue weighted by Crippen LogP contribution is 2.31. The smallest absolute Gasteiger partial charge is 0.268 e. The number of hydrogen-bond acceptors (Lipinski definition) is 6. The highest BCUT2D eigenvalue weighted by atomic mass is 32.1. The molecule has 0 spiro atoms. The van der Waals surface area contributed by atoms with Crippen LogP contribution in [0.5, 0.6) is 11.5 Å². The molecule has 1 heterocycles. The third kappa shape index (κ3) is 5.86. The van der Waals surface area contributed by atoms with Gasteiger partial charge in [0.1, 0.15) is 18.2 Å². The fraction of sp³-hybridized carbons (Fsp3) is 0.179. The van der Waals surface area contributed by atoms with Crippen LogP contribution in [0.15, 0.2) is 66.2 Å². The number of aryl methyl sites for hydroxylation is 2. The van der Waals surface area contributed by atoms with Gasteiger partial charge in [-0.05, 0) is 73.4 Å². The number of thiazole rings is 1. The zero-order valence-corrected chi connectivity index (χ0v) is 20.6. The highest BCUT2D eigenvalue weighted by Gasteiger charge is 2.14. The second-order valence-electron chi connectivity index (χ2n) is 7.96. The lowest BCUT2D eigenvalue weighted by molar-refractivity contribution is -0.112. The molecule has 0 atom stereocenters. The molecule has 1 N–H and O–H groups in total. The predicted molar refractivity (Wildman–Crippen MR) is 140 cm³/mol. The Morgan fingerprint density at radius 1 is 1.06 bits per heavy atom. The fourth-order valence-corrected chi connectivity index (χ4v) is 4.39. The van der Waals surface area contributed by atoms with E-state index in [1.54, 1.807) is 18.2 Å². The number of hydrogen-bond donors (Lipinski definition) is 1. The topological polar surface area (TPSA) is 84.2 Å². The van der Waals surface area contributed by atoms with Gasteiger partial charge in [0, 0.05) is 0 Å². The number of carbonyl (C=O) groups is 1. The van der Waals surface area contributed by atoms with Crippen molar-refractivity contribution < 1.29 is 14.3 Å². The number of benzene rings is 3. The Labute approximate surface area is 208 Å². The van der Waals surface area contributed by atoms with E-state index in [-0.39, 0.29) is 5.57 Å². The lowest BCUT2D eigenvalue weighted by Gasteiger charge is -2.13. The lowest BCUT2D eigenvalue weighted by atomic mass is 10.1. The molecule has 0 bridgehead atoms. The van der Waals surface area contributed by atoms with Crippen molar-refractivity contribution in [3.05, 3.63) is 88.5 Å². The minimum absolute atomic E-state index is 0.0305. The average Bonchev–Trinajstić information content (AvgIpc) is 3.23. The zero-order chi connectivity index (χ0) is 24.8. The normalized spacial score (nSPS) is 11.2. The van der Waals surface area contributed by atoms with Crippen molar-refractivity contribution in [2.45, 2.75) is 27.4 Å². The molecule has 0 saturated carbocycles. The maximum Gasteiger partial charge on any atom is 0.268 e. The largest absolute Gasteiger partial charge is 0.490 e. The number of nitrogens with one attached hydrogen (secondary N) is 1. The molecule has 0 fully saturated rings. The van der Waals surface area contributed by atoms with Gasteiger partial charge in [-0.15, -0.1) is 0 Å². The first-order chi connectivity index (χ1) is 17.0. The molecule has 0 unspecified atom stereocenters. The number of rotatable bonds is 8. The van der Waals surface area contributed by atoms with Gasteiger partial charge in [-0.3, -0.25) is 10.1 Å². The van der Waals surface area contributed by atoms with E-state index in [0.717, 1.165) is 26.9 Å². The van der Waals surface area contributed by atoms with Crippen LogP contribution in [-0.2, 0) is 11.4 Å². The summed E-state index contributed by atoms with van der Waals surface area (Å²) in [5, 5.41) is 12.8. The van der Waals surface area contributed by atoms with Gasteiger partial charge in [-0.2, -0.15) is 5.26 Å². The summed E-state index contributed by atoms with van der Waals surface area (Å²) in [6.07, 6.45) is 1.53. The van der Waals surface area contributed by atoms with Crippen LogP contribution in [0.4, 0.5) is 5.13 Å². The number of ether oxygens (including phenoxy) is 2. The summed E-state index contributed by atoms with van der Waals surface area (Å²) in [7, 11) is 0. The van der Waals surface area contributed by atoms with Crippen molar-refractivity contribution in [1.29, 1.82) is 5.26 Å². The Balaban J connectivity index is 1.52. The number of nitriles is 1. The summed E-state index contributed by atoms with van der Waals surface area (Å²) < 4.78 is 12.7. The third-order valence-electron chi connectivity index (χ3n) is 5.41. The number of anilines is 1. The minimum Gasteiger partial charge on any atom is -0.490 e. The van der Waals surface area contributed by atoms with Crippen molar-refractivity contribution in [3.8, 4) is 17.6 Å². The summed E-state index contributed by atoms with van der Waals surface area (Å²) in [4.78, 5) is 17.3. The van der Waals surface area contributed by atoms with E-state index in [4.69, 9.17) is 9.47 Å². The molecule has 0 aliphatic carbocycles. The van der Waals surface area contributed by atoms with Gasteiger partial charge in [0.15, 0.2) is 16.6 Å². The SMILES string of the molecule is CCOc1cc(/C=C(\C#N)C(=O)Nc2nc3cc(C)c(C)cc3s2)ccc1OCc1ccccc1. The molecule has 4 aromatic rings. The second kappa shape index (κ2) is 10.9. The van der Waals surface area contributed by atoms with Gasteiger partial charge in [0.25, 0.3) is 5.91 Å². The number of aromatic nitrogens is 1. The van der Waals surface area contributed by atoms with Gasteiger partial charge in [-0.25, -0.2) is 4.98 Å². The van der Waals surface area contributed by atoms with Crippen LogP contribution >= 0.6 is 11.3 Å². The monoisotopic (exact) mass is 483 g/mol. The number of fused-ring (bicyclic) bond motifs is 1. The number of amides is 1. The van der Waals surface area contributed by atoms with Crippen LogP contribution in [0, 0.1) is 25.2 Å². The summed E-state index contributed by atoms with van der Waals surface area (Å²) >= 11 is 1.38. The van der Waals surface area contributed by atoms with Crippen LogP contribution in [-0.4, -0.2) is 17.5 Å². The molecule has 0 saturated heterocycles. The first-order valence-corrected chi connectivity index (χ1v) is 12.0. The Morgan fingerprint density at radius 3 is 2.57 bits per heavy atom. The molecular formula is C28H25N3O3S. The lowest BCUT2D eigenvalue weighted by Crippen LogP contribution is -2.13. The first kappa shape index (κ1) is 24.0. The van der Waals surface area contributed by atoms with Crippen LogP contribution in [0.1, 0.15) is 29.2 Å². The fourth-order valence-electron chi connectivity index (χ4n) is 3.45. The van der Waals surface area contributed by atoms with Crippen molar-refractivity contribution in [2.75, 3.05) is 11.9 Å². The quantitative estimate of drug-likeness (QED) is 0.230. The van der Waals surface area contributed by atoms with Gasteiger partial charge in [0.05, 0.1) is 16.8 Å². The number of nitrogens with zero attached hydrogens (tertiary/aromatic N) is 2. The molecular weight excluding hydrogens is 458 g/mol. The molecule has 1 amide bonds. The second-order valence-corrected chi connectivity index (χ2v) is 8.99. The molecule has 6 nitrogen and oxygen atoms in total. The van der Waals surface area contributed by atoms with Crippen molar-refractivity contribution >= 4 is 38.7 Å². The summed E-state index contributed by atoms with van der Waals surface area (Å²) in [6.45, 7) is 6.81. The van der Waals surface area contributed by atoms with E-state index in [1.807, 2.05) is 63.2 Å². The van der Waals surface area contributed by atoms with Crippen LogP contribution in [0.3, 0.4) is 0 Å². The standard InChI is InChI=1S/C28H25N3O3S/c1-4-33-25-15-21(10-11-24(25)34-17-20-8-6-5-7-9-20)14-22(16-29)27(32)31-28-30-23-12-18(2)19(3)13-26(23)35-28/h5-15H,4,17H2,1-3H3,(H,30,31,32)/b22-14+. The Kier molecular flexibility index (Phi) is 7.44. The van der Waals surface area contributed by atoms with E-state index >= 15 is 0 Å². The molecule has 7 heteroatoms. The van der Waals surface area contributed by atoms with Crippen LogP contribution in [0.2, 0.25) is 0 Å². The molecule has 4 rings (SSSR count). The Morgan fingerprint density at radius 2 is 1.83 bits per heavy atom. The summed E-state index contributed by atoms with van der Waals surface area (Å²) in [6, 6.07) is 21.2. The van der Waals surface area contributed by atoms with E-state index in [1.165, 1.54) is 17.4 Å². The molecule has 0 aliphatic rings. The van der Waals surface area contributed by atoms with Crippen LogP contribution < -0.4 is 14.8 Å². The van der Waals surface area contributed by atoms with Gasteiger partial charge < -0.3 is 9.47 Å². The van der Waals surface area contributed by atoms with Crippen molar-refractivity contribution in [2.24, 2.45) is 0 Å². The molecule has 0 aliphatic heterocycles. The minimum atomic E-state index is -0.512. The summed E-state index contributed by atoms with van der Waals surface area (Å²) in [5.41, 5.74) is 4.79. The molecule has 1 aromatic heterocycles. The molecule has 35 heavy (non-hydrogen) atoms. The number of carbonyl (C=O) groups excluding carboxylic acids is 1. The van der Waals surface area contributed by atoms with Crippen molar-refractivity contribution in [3.63, 3.8) is 0 Å². The Hall–Kier alpha value is -4.15. The van der Waals surface area contributed by atoms with Gasteiger partial charge in [-0.1, -0.05) is 47.7 Å². The predicted octanol–water partition coefficient (Wildman–Crippen LogP) is 6.44. The molecule has 176 valence electrons. The first-order valence-electron chi connectivity index (χ1n) is 11.2. The van der Waals surface area contributed by atoms with E-state index in [0.29, 0.717) is 35.4 Å².